The Kier molecular flexibility index (Phi) is 14.4. The Bertz CT molecular complexity index is 246. The topological polar surface area (TPSA) is 105 Å². The number of carbonyl (C=O) groups is 2. The van der Waals surface area contributed by atoms with Crippen molar-refractivity contribution < 1.29 is 19.1 Å². The van der Waals surface area contributed by atoms with E-state index in [0.29, 0.717) is 26.3 Å². The van der Waals surface area contributed by atoms with Crippen LogP contribution in [0.2, 0.25) is 0 Å². The van der Waals surface area contributed by atoms with E-state index >= 15 is 0 Å². The average molecular weight is 302 g/mol. The smallest absolute Gasteiger partial charge is 0.317 e. The van der Waals surface area contributed by atoms with Crippen molar-refractivity contribution in [1.29, 1.82) is 0 Å². The molecule has 0 aliphatic heterocycles. The molecule has 0 aromatic rings. The van der Waals surface area contributed by atoms with Crippen molar-refractivity contribution in [3.05, 3.63) is 0 Å². The standard InChI is InChI=1S/C15H30N2O4/c16-9-5-1-3-7-11-20-14(18)13-15(19)21-12-8-4-2-6-10-17/h1-13,16-17H2. The maximum absolute atomic E-state index is 11.4. The molecule has 0 aromatic carbocycles. The van der Waals surface area contributed by atoms with Crippen molar-refractivity contribution in [2.75, 3.05) is 26.3 Å². The Morgan fingerprint density at radius 1 is 0.619 bits per heavy atom. The number of rotatable bonds is 14. The van der Waals surface area contributed by atoms with Crippen LogP contribution < -0.4 is 11.5 Å². The zero-order valence-electron chi connectivity index (χ0n) is 13.0. The molecule has 6 nitrogen and oxygen atoms in total. The summed E-state index contributed by atoms with van der Waals surface area (Å²) in [5.41, 5.74) is 10.8. The van der Waals surface area contributed by atoms with Crippen LogP contribution >= 0.6 is 0 Å². The Hall–Kier alpha value is -1.14. The number of ether oxygens (including phenoxy) is 2. The highest BCUT2D eigenvalue weighted by Gasteiger charge is 2.11. The lowest BCUT2D eigenvalue weighted by Gasteiger charge is -2.06. The first-order chi connectivity index (χ1) is 10.2. The first kappa shape index (κ1) is 19.9. The van der Waals surface area contributed by atoms with Crippen LogP contribution in [0.3, 0.4) is 0 Å². The van der Waals surface area contributed by atoms with E-state index in [9.17, 15) is 9.59 Å². The van der Waals surface area contributed by atoms with Gasteiger partial charge in [0.1, 0.15) is 6.42 Å². The summed E-state index contributed by atoms with van der Waals surface area (Å²) < 4.78 is 9.93. The van der Waals surface area contributed by atoms with Crippen LogP contribution in [0.5, 0.6) is 0 Å². The van der Waals surface area contributed by atoms with E-state index in [1.54, 1.807) is 0 Å². The highest BCUT2D eigenvalue weighted by atomic mass is 16.6. The summed E-state index contributed by atoms with van der Waals surface area (Å²) in [5.74, 6) is -1.02. The van der Waals surface area contributed by atoms with Gasteiger partial charge in [-0.3, -0.25) is 9.59 Å². The number of hydrogen-bond acceptors (Lipinski definition) is 6. The first-order valence-electron chi connectivity index (χ1n) is 7.92. The second kappa shape index (κ2) is 15.3. The molecule has 4 N–H and O–H groups in total. The van der Waals surface area contributed by atoms with Gasteiger partial charge >= 0.3 is 11.9 Å². The summed E-state index contributed by atoms with van der Waals surface area (Å²) in [6, 6.07) is 0. The van der Waals surface area contributed by atoms with Gasteiger partial charge < -0.3 is 20.9 Å². The van der Waals surface area contributed by atoms with Gasteiger partial charge in [-0.1, -0.05) is 25.7 Å². The van der Waals surface area contributed by atoms with E-state index in [2.05, 4.69) is 0 Å². The van der Waals surface area contributed by atoms with Crippen molar-refractivity contribution in [1.82, 2.24) is 0 Å². The lowest BCUT2D eigenvalue weighted by Crippen LogP contribution is -2.15. The molecule has 0 spiro atoms. The zero-order chi connectivity index (χ0) is 15.8. The maximum Gasteiger partial charge on any atom is 0.317 e. The van der Waals surface area contributed by atoms with Crippen LogP contribution in [0.1, 0.15) is 57.8 Å². The molecule has 0 heterocycles. The summed E-state index contributed by atoms with van der Waals surface area (Å²) in [6.45, 7) is 2.10. The second-order valence-corrected chi connectivity index (χ2v) is 5.02. The fourth-order valence-corrected chi connectivity index (χ4v) is 1.79. The second-order valence-electron chi connectivity index (χ2n) is 5.02. The van der Waals surface area contributed by atoms with Crippen molar-refractivity contribution in [2.24, 2.45) is 11.5 Å². The van der Waals surface area contributed by atoms with Gasteiger partial charge in [-0.2, -0.15) is 0 Å². The summed E-state index contributed by atoms with van der Waals surface area (Å²) in [5, 5.41) is 0. The summed E-state index contributed by atoms with van der Waals surface area (Å²) in [6.07, 6.45) is 7.35. The van der Waals surface area contributed by atoms with Gasteiger partial charge in [0.2, 0.25) is 0 Å². The van der Waals surface area contributed by atoms with E-state index in [0.717, 1.165) is 51.4 Å². The van der Waals surface area contributed by atoms with E-state index in [1.165, 1.54) is 0 Å². The van der Waals surface area contributed by atoms with E-state index in [1.807, 2.05) is 0 Å². The monoisotopic (exact) mass is 302 g/mol. The third-order valence-corrected chi connectivity index (χ3v) is 3.01. The molecule has 21 heavy (non-hydrogen) atoms. The van der Waals surface area contributed by atoms with E-state index in [-0.39, 0.29) is 6.42 Å². The van der Waals surface area contributed by atoms with E-state index in [4.69, 9.17) is 20.9 Å². The quantitative estimate of drug-likeness (QED) is 0.286. The fourth-order valence-electron chi connectivity index (χ4n) is 1.79. The zero-order valence-corrected chi connectivity index (χ0v) is 13.0. The Balaban J connectivity index is 3.38. The lowest BCUT2D eigenvalue weighted by molar-refractivity contribution is -0.154. The lowest BCUT2D eigenvalue weighted by atomic mass is 10.2. The number of nitrogens with two attached hydrogens (primary N) is 2. The molecule has 6 heteroatoms. The molecule has 0 aliphatic rings. The van der Waals surface area contributed by atoms with Crippen LogP contribution in [-0.4, -0.2) is 38.2 Å². The fraction of sp³-hybridized carbons (Fsp3) is 0.867. The molecule has 0 bridgehead atoms. The molecule has 0 aliphatic carbocycles. The molecule has 0 aromatic heterocycles. The van der Waals surface area contributed by atoms with Crippen molar-refractivity contribution in [3.8, 4) is 0 Å². The van der Waals surface area contributed by atoms with Crippen molar-refractivity contribution >= 4 is 11.9 Å². The minimum Gasteiger partial charge on any atom is -0.465 e. The molecule has 124 valence electrons. The summed E-state index contributed by atoms with van der Waals surface area (Å²) >= 11 is 0. The normalized spacial score (nSPS) is 10.4. The SMILES string of the molecule is NCCCCCCOC(=O)CC(=O)OCCCCCCN. The first-order valence-corrected chi connectivity index (χ1v) is 7.92. The minimum absolute atomic E-state index is 0.300. The van der Waals surface area contributed by atoms with Gasteiger partial charge in [-0.05, 0) is 38.8 Å². The van der Waals surface area contributed by atoms with E-state index < -0.39 is 11.9 Å². The van der Waals surface area contributed by atoms with Crippen LogP contribution in [0.25, 0.3) is 0 Å². The van der Waals surface area contributed by atoms with Gasteiger partial charge in [0, 0.05) is 0 Å². The molecule has 0 atom stereocenters. The minimum atomic E-state index is -0.512. The highest BCUT2D eigenvalue weighted by Crippen LogP contribution is 2.02. The molecule has 0 rings (SSSR count). The highest BCUT2D eigenvalue weighted by molar-refractivity contribution is 5.91. The molecule has 0 fully saturated rings. The maximum atomic E-state index is 11.4. The molecular weight excluding hydrogens is 272 g/mol. The predicted molar refractivity (Wildman–Crippen MR) is 81.6 cm³/mol. The number of hydrogen-bond donors (Lipinski definition) is 2. The number of carbonyl (C=O) groups excluding carboxylic acids is 2. The predicted octanol–water partition coefficient (Wildman–Crippen LogP) is 1.50. The largest absolute Gasteiger partial charge is 0.465 e. The summed E-state index contributed by atoms with van der Waals surface area (Å²) in [4.78, 5) is 22.7. The number of esters is 2. The Labute approximate surface area is 127 Å². The molecule has 0 unspecified atom stereocenters. The third-order valence-electron chi connectivity index (χ3n) is 3.01. The molecule has 0 saturated carbocycles. The number of unbranched alkanes of at least 4 members (excludes halogenated alkanes) is 6. The molecule has 0 saturated heterocycles. The van der Waals surface area contributed by atoms with Crippen molar-refractivity contribution in [3.63, 3.8) is 0 Å². The van der Waals surface area contributed by atoms with Crippen LogP contribution in [-0.2, 0) is 19.1 Å². The molecular formula is C15H30N2O4. The Morgan fingerprint density at radius 2 is 1.00 bits per heavy atom. The van der Waals surface area contributed by atoms with Gasteiger partial charge in [0.15, 0.2) is 0 Å². The van der Waals surface area contributed by atoms with Gasteiger partial charge in [0.05, 0.1) is 13.2 Å². The third kappa shape index (κ3) is 15.1. The average Bonchev–Trinajstić information content (AvgIpc) is 2.46. The Morgan fingerprint density at radius 3 is 1.38 bits per heavy atom. The van der Waals surface area contributed by atoms with Crippen LogP contribution in [0.15, 0.2) is 0 Å². The molecule has 0 radical (unpaired) electrons. The van der Waals surface area contributed by atoms with Crippen molar-refractivity contribution in [2.45, 2.75) is 57.8 Å². The van der Waals surface area contributed by atoms with Crippen LogP contribution in [0.4, 0.5) is 0 Å². The van der Waals surface area contributed by atoms with Gasteiger partial charge in [0.25, 0.3) is 0 Å². The van der Waals surface area contributed by atoms with Crippen LogP contribution in [0, 0.1) is 0 Å². The summed E-state index contributed by atoms with van der Waals surface area (Å²) in [7, 11) is 0. The van der Waals surface area contributed by atoms with Gasteiger partial charge in [-0.25, -0.2) is 0 Å². The molecule has 0 amide bonds. The van der Waals surface area contributed by atoms with Gasteiger partial charge in [-0.15, -0.1) is 0 Å².